The molecule has 6 aromatic rings. The molecule has 0 aliphatic heterocycles. The smallest absolute Gasteiger partial charge is 0.101 e. The summed E-state index contributed by atoms with van der Waals surface area (Å²) >= 11 is 0. The molecule has 0 amide bonds. The van der Waals surface area contributed by atoms with E-state index in [1.54, 1.807) is 18.2 Å². The number of para-hydroxylation sites is 2. The summed E-state index contributed by atoms with van der Waals surface area (Å²) in [5.74, 6) is 0. The third-order valence-corrected chi connectivity index (χ3v) is 6.29. The van der Waals surface area contributed by atoms with Crippen molar-refractivity contribution in [1.82, 2.24) is 9.13 Å². The van der Waals surface area contributed by atoms with Crippen molar-refractivity contribution < 1.29 is 0 Å². The van der Waals surface area contributed by atoms with Gasteiger partial charge >= 0.3 is 0 Å². The van der Waals surface area contributed by atoms with Crippen LogP contribution in [0.5, 0.6) is 0 Å². The first-order valence-electron chi connectivity index (χ1n) is 10.8. The minimum Gasteiger partial charge on any atom is -0.316 e. The average Bonchev–Trinajstić information content (AvgIpc) is 3.35. The van der Waals surface area contributed by atoms with Crippen LogP contribution in [0.15, 0.2) is 84.9 Å². The monoisotopic (exact) mass is 422 g/mol. The van der Waals surface area contributed by atoms with Gasteiger partial charge in [-0.25, -0.2) is 0 Å². The first kappa shape index (κ1) is 18.9. The first-order valence-corrected chi connectivity index (χ1v) is 10.8. The summed E-state index contributed by atoms with van der Waals surface area (Å²) < 4.78 is 4.35. The van der Waals surface area contributed by atoms with Gasteiger partial charge in [-0.1, -0.05) is 42.5 Å². The van der Waals surface area contributed by atoms with Gasteiger partial charge in [0.15, 0.2) is 0 Å². The third-order valence-electron chi connectivity index (χ3n) is 6.29. The summed E-state index contributed by atoms with van der Waals surface area (Å²) in [6.07, 6.45) is 4.14. The van der Waals surface area contributed by atoms with Crippen molar-refractivity contribution in [2.24, 2.45) is 0 Å². The summed E-state index contributed by atoms with van der Waals surface area (Å²) in [5.41, 5.74) is 6.09. The van der Waals surface area contributed by atoms with Crippen LogP contribution in [-0.2, 0) is 0 Å². The van der Waals surface area contributed by atoms with Gasteiger partial charge in [0, 0.05) is 27.7 Å². The Balaban J connectivity index is 1.85. The molecule has 4 aromatic carbocycles. The molecule has 0 N–H and O–H groups in total. The predicted octanol–water partition coefficient (Wildman–Crippen LogP) is 7.13. The fourth-order valence-electron chi connectivity index (χ4n) is 4.91. The second-order valence-corrected chi connectivity index (χ2v) is 8.06. The lowest BCUT2D eigenvalue weighted by Gasteiger charge is -2.10. The molecule has 2 heterocycles. The van der Waals surface area contributed by atoms with Crippen molar-refractivity contribution in [2.45, 2.75) is 6.92 Å². The average molecular weight is 422 g/mol. The van der Waals surface area contributed by atoms with E-state index in [0.717, 1.165) is 43.9 Å². The highest BCUT2D eigenvalue weighted by Crippen LogP contribution is 2.39. The zero-order valence-corrected chi connectivity index (χ0v) is 17.9. The van der Waals surface area contributed by atoms with Crippen molar-refractivity contribution in [3.05, 3.63) is 96.1 Å². The van der Waals surface area contributed by atoms with Crippen LogP contribution in [0.4, 0.5) is 0 Å². The topological polar surface area (TPSA) is 57.4 Å². The number of fused-ring (bicyclic) bond motifs is 6. The summed E-state index contributed by atoms with van der Waals surface area (Å²) in [6, 6.07) is 30.8. The number of benzene rings is 4. The van der Waals surface area contributed by atoms with Crippen LogP contribution in [0.2, 0.25) is 0 Å². The molecule has 0 radical (unpaired) electrons. The molecule has 6 rings (SSSR count). The fourth-order valence-corrected chi connectivity index (χ4v) is 4.91. The maximum absolute atomic E-state index is 9.84. The Morgan fingerprint density at radius 3 is 2.06 bits per heavy atom. The molecule has 0 aliphatic carbocycles. The van der Waals surface area contributed by atoms with Crippen LogP contribution in [0, 0.1) is 22.7 Å². The summed E-state index contributed by atoms with van der Waals surface area (Å²) in [6.45, 7) is 2.02. The van der Waals surface area contributed by atoms with Crippen LogP contribution in [0.3, 0.4) is 0 Å². The Hall–Kier alpha value is -4.80. The van der Waals surface area contributed by atoms with Crippen molar-refractivity contribution in [1.29, 1.82) is 10.5 Å². The van der Waals surface area contributed by atoms with Gasteiger partial charge in [0.05, 0.1) is 45.0 Å². The van der Waals surface area contributed by atoms with E-state index in [4.69, 9.17) is 0 Å². The van der Waals surface area contributed by atoms with Gasteiger partial charge in [0.25, 0.3) is 0 Å². The van der Waals surface area contributed by atoms with Gasteiger partial charge in [0.1, 0.15) is 6.07 Å². The summed E-state index contributed by atoms with van der Waals surface area (Å²) in [4.78, 5) is 0. The Bertz CT molecular complexity index is 1850. The SMILES string of the molecule is C/C=C/n1c2ccccc2c2cc3c(cc21)c1ccccc1n3-c1cc(C#N)ccc1C#N. The Kier molecular flexibility index (Phi) is 4.09. The van der Waals surface area contributed by atoms with Crippen molar-refractivity contribution in [3.8, 4) is 17.8 Å². The van der Waals surface area contributed by atoms with Gasteiger partial charge in [-0.15, -0.1) is 0 Å². The molecule has 154 valence electrons. The Morgan fingerprint density at radius 2 is 1.33 bits per heavy atom. The molecule has 0 unspecified atom stereocenters. The highest BCUT2D eigenvalue weighted by molar-refractivity contribution is 6.19. The number of aromatic nitrogens is 2. The van der Waals surface area contributed by atoms with E-state index in [-0.39, 0.29) is 0 Å². The molecule has 0 spiro atoms. The van der Waals surface area contributed by atoms with Gasteiger partial charge in [-0.05, 0) is 49.4 Å². The molecular weight excluding hydrogens is 404 g/mol. The van der Waals surface area contributed by atoms with E-state index in [1.807, 2.05) is 25.1 Å². The summed E-state index contributed by atoms with van der Waals surface area (Å²) in [7, 11) is 0. The van der Waals surface area contributed by atoms with Crippen molar-refractivity contribution in [2.75, 3.05) is 0 Å². The van der Waals surface area contributed by atoms with Crippen LogP contribution in [0.1, 0.15) is 18.1 Å². The van der Waals surface area contributed by atoms with E-state index in [0.29, 0.717) is 11.1 Å². The molecule has 2 aromatic heterocycles. The van der Waals surface area contributed by atoms with E-state index in [1.165, 1.54) is 5.39 Å². The summed E-state index contributed by atoms with van der Waals surface area (Å²) in [5, 5.41) is 23.9. The molecule has 4 heteroatoms. The van der Waals surface area contributed by atoms with E-state index >= 15 is 0 Å². The maximum Gasteiger partial charge on any atom is 0.101 e. The van der Waals surface area contributed by atoms with Crippen LogP contribution >= 0.6 is 0 Å². The lowest BCUT2D eigenvalue weighted by atomic mass is 10.1. The van der Waals surface area contributed by atoms with Gasteiger partial charge in [-0.2, -0.15) is 10.5 Å². The number of rotatable bonds is 2. The van der Waals surface area contributed by atoms with E-state index in [9.17, 15) is 10.5 Å². The molecule has 0 fully saturated rings. The second-order valence-electron chi connectivity index (χ2n) is 8.06. The molecule has 33 heavy (non-hydrogen) atoms. The van der Waals surface area contributed by atoms with Gasteiger partial charge < -0.3 is 9.13 Å². The minimum absolute atomic E-state index is 0.528. The minimum atomic E-state index is 0.528. The number of nitrogens with zero attached hydrogens (tertiary/aromatic N) is 4. The third kappa shape index (κ3) is 2.62. The molecule has 4 nitrogen and oxygen atoms in total. The Morgan fingerprint density at radius 1 is 0.667 bits per heavy atom. The van der Waals surface area contributed by atoms with E-state index in [2.05, 4.69) is 76.0 Å². The number of nitriles is 2. The largest absolute Gasteiger partial charge is 0.316 e. The number of hydrogen-bond donors (Lipinski definition) is 0. The van der Waals surface area contributed by atoms with Gasteiger partial charge in [0.2, 0.25) is 0 Å². The highest BCUT2D eigenvalue weighted by atomic mass is 15.0. The lowest BCUT2D eigenvalue weighted by Crippen LogP contribution is -1.98. The number of allylic oxidation sites excluding steroid dienone is 1. The standard InChI is InChI=1S/C29H18N4/c1-2-13-32-25-9-5-3-7-21(25)23-16-29-24(15-28(23)32)22-8-4-6-10-26(22)33(29)27-14-19(17-30)11-12-20(27)18-31/h2-16H,1H3/b13-2+. The van der Waals surface area contributed by atoms with Crippen molar-refractivity contribution >= 4 is 49.8 Å². The lowest BCUT2D eigenvalue weighted by molar-refractivity contribution is 1.16. The molecule has 0 bridgehead atoms. The Labute approximate surface area is 190 Å². The van der Waals surface area contributed by atoms with Crippen LogP contribution < -0.4 is 0 Å². The maximum atomic E-state index is 9.84. The van der Waals surface area contributed by atoms with E-state index < -0.39 is 0 Å². The number of hydrogen-bond acceptors (Lipinski definition) is 2. The van der Waals surface area contributed by atoms with Crippen LogP contribution in [-0.4, -0.2) is 9.13 Å². The predicted molar refractivity (Wildman–Crippen MR) is 134 cm³/mol. The fraction of sp³-hybridized carbons (Fsp3) is 0.0345. The van der Waals surface area contributed by atoms with Crippen molar-refractivity contribution in [3.63, 3.8) is 0 Å². The zero-order chi connectivity index (χ0) is 22.5. The molecule has 0 saturated heterocycles. The zero-order valence-electron chi connectivity index (χ0n) is 17.9. The first-order chi connectivity index (χ1) is 16.2. The molecule has 0 aliphatic rings. The quantitative estimate of drug-likeness (QED) is 0.298. The van der Waals surface area contributed by atoms with Gasteiger partial charge in [-0.3, -0.25) is 0 Å². The normalized spacial score (nSPS) is 11.6. The van der Waals surface area contributed by atoms with Crippen LogP contribution in [0.25, 0.3) is 55.5 Å². The molecule has 0 atom stereocenters. The second kappa shape index (κ2) is 7.12. The molecular formula is C29H18N4. The molecule has 0 saturated carbocycles. The highest BCUT2D eigenvalue weighted by Gasteiger charge is 2.18.